The molecule has 5 heteroatoms. The average molecular weight is 229 g/mol. The fourth-order valence-corrected chi connectivity index (χ4v) is 0.811. The number of ether oxygens (including phenoxy) is 2. The van der Waals surface area contributed by atoms with Gasteiger partial charge in [0, 0.05) is 11.6 Å². The Morgan fingerprint density at radius 1 is 1.31 bits per heavy atom. The molecule has 16 heavy (non-hydrogen) atoms. The zero-order valence-corrected chi connectivity index (χ0v) is 9.99. The quantitative estimate of drug-likeness (QED) is 0.441. The molecular weight excluding hydrogens is 210 g/mol. The second-order valence-electron chi connectivity index (χ2n) is 3.52. The lowest BCUT2D eigenvalue weighted by molar-refractivity contribution is -0.136. The Bertz CT molecular complexity index is 275. The van der Waals surface area contributed by atoms with Crippen molar-refractivity contribution in [3.63, 3.8) is 0 Å². The Balaban J connectivity index is 4.14. The van der Waals surface area contributed by atoms with E-state index >= 15 is 0 Å². The summed E-state index contributed by atoms with van der Waals surface area (Å²) in [6.45, 7) is 8.84. The molecule has 0 aromatic rings. The van der Waals surface area contributed by atoms with Crippen LogP contribution in [0, 0.1) is 0 Å². The Morgan fingerprint density at radius 2 is 1.88 bits per heavy atom. The molecule has 0 fully saturated rings. The number of nitrogens with two attached hydrogens (primary N) is 1. The normalized spacial score (nSPS) is 13.8. The highest BCUT2D eigenvalue weighted by Crippen LogP contribution is 2.06. The smallest absolute Gasteiger partial charge is 0.431 e. The molecule has 0 spiro atoms. The van der Waals surface area contributed by atoms with Crippen molar-refractivity contribution in [1.82, 2.24) is 0 Å². The summed E-state index contributed by atoms with van der Waals surface area (Å²) in [7, 11) is 0. The third-order valence-corrected chi connectivity index (χ3v) is 2.20. The fraction of sp³-hybridized carbons (Fsp3) is 0.636. The van der Waals surface area contributed by atoms with Gasteiger partial charge in [0.1, 0.15) is 6.10 Å². The fourth-order valence-electron chi connectivity index (χ4n) is 0.811. The van der Waals surface area contributed by atoms with E-state index < -0.39 is 18.2 Å². The number of carbonyl (C=O) groups excluding carboxylic acids is 2. The molecule has 0 aliphatic carbocycles. The Labute approximate surface area is 95.6 Å². The van der Waals surface area contributed by atoms with Crippen molar-refractivity contribution in [2.75, 3.05) is 0 Å². The molecule has 0 aromatic carbocycles. The lowest BCUT2D eigenvalue weighted by Gasteiger charge is -2.12. The highest BCUT2D eigenvalue weighted by Gasteiger charge is 2.20. The molecule has 2 atom stereocenters. The molecule has 0 aromatic heterocycles. The standard InChI is InChI=1S/C11H19NO4/c1-5-7(3)15-11(14)16-10(13)8(4)9(12)6-2/h7,9H,4-6,12H2,1-3H3/t7?,9-/m1/s1. The van der Waals surface area contributed by atoms with Crippen LogP contribution < -0.4 is 5.73 Å². The minimum absolute atomic E-state index is 0.0728. The monoisotopic (exact) mass is 229 g/mol. The van der Waals surface area contributed by atoms with Crippen molar-refractivity contribution >= 4 is 12.1 Å². The molecule has 0 saturated heterocycles. The van der Waals surface area contributed by atoms with Crippen molar-refractivity contribution in [2.45, 2.75) is 45.8 Å². The van der Waals surface area contributed by atoms with Crippen LogP contribution in [0.4, 0.5) is 4.79 Å². The first kappa shape index (κ1) is 14.6. The summed E-state index contributed by atoms with van der Waals surface area (Å²) in [6, 6.07) is -0.496. The molecule has 0 radical (unpaired) electrons. The molecule has 92 valence electrons. The van der Waals surface area contributed by atoms with Gasteiger partial charge in [-0.05, 0) is 19.8 Å². The van der Waals surface area contributed by atoms with Crippen LogP contribution in [0.3, 0.4) is 0 Å². The Hall–Kier alpha value is -1.36. The van der Waals surface area contributed by atoms with Crippen molar-refractivity contribution in [1.29, 1.82) is 0 Å². The van der Waals surface area contributed by atoms with E-state index in [1.807, 2.05) is 6.92 Å². The van der Waals surface area contributed by atoms with Crippen LogP contribution in [-0.2, 0) is 14.3 Å². The maximum atomic E-state index is 11.3. The SMILES string of the molecule is C=C(C(=O)OC(=O)OC(C)CC)[C@H](N)CC. The maximum Gasteiger partial charge on any atom is 0.516 e. The molecule has 0 rings (SSSR count). The van der Waals surface area contributed by atoms with Crippen LogP contribution in [-0.4, -0.2) is 24.3 Å². The lowest BCUT2D eigenvalue weighted by Crippen LogP contribution is -2.29. The summed E-state index contributed by atoms with van der Waals surface area (Å²) in [5, 5.41) is 0. The molecular formula is C11H19NO4. The highest BCUT2D eigenvalue weighted by molar-refractivity contribution is 5.95. The predicted octanol–water partition coefficient (Wildman–Crippen LogP) is 1.76. The van der Waals surface area contributed by atoms with Gasteiger partial charge in [0.2, 0.25) is 0 Å². The van der Waals surface area contributed by atoms with E-state index in [-0.39, 0.29) is 11.7 Å². The summed E-state index contributed by atoms with van der Waals surface area (Å²) < 4.78 is 9.20. The number of carbonyl (C=O) groups is 2. The van der Waals surface area contributed by atoms with E-state index in [0.717, 1.165) is 0 Å². The molecule has 1 unspecified atom stereocenters. The van der Waals surface area contributed by atoms with Gasteiger partial charge in [0.25, 0.3) is 0 Å². The molecule has 2 N–H and O–H groups in total. The van der Waals surface area contributed by atoms with E-state index in [4.69, 9.17) is 10.5 Å². The van der Waals surface area contributed by atoms with Crippen molar-refractivity contribution in [3.8, 4) is 0 Å². The number of hydrogen-bond donors (Lipinski definition) is 1. The van der Waals surface area contributed by atoms with E-state index in [1.165, 1.54) is 0 Å². The van der Waals surface area contributed by atoms with E-state index in [9.17, 15) is 9.59 Å². The van der Waals surface area contributed by atoms with Crippen LogP contribution in [0.25, 0.3) is 0 Å². The van der Waals surface area contributed by atoms with E-state index in [0.29, 0.717) is 12.8 Å². The molecule has 0 saturated carbocycles. The minimum atomic E-state index is -1.01. The van der Waals surface area contributed by atoms with Crippen LogP contribution >= 0.6 is 0 Å². The summed E-state index contributed by atoms with van der Waals surface area (Å²) in [4.78, 5) is 22.4. The van der Waals surface area contributed by atoms with Crippen LogP contribution in [0.1, 0.15) is 33.6 Å². The van der Waals surface area contributed by atoms with Gasteiger partial charge in [0.15, 0.2) is 0 Å². The first-order valence-electron chi connectivity index (χ1n) is 5.29. The number of rotatable bonds is 5. The summed E-state index contributed by atoms with van der Waals surface area (Å²) >= 11 is 0. The van der Waals surface area contributed by atoms with Gasteiger partial charge in [-0.2, -0.15) is 0 Å². The lowest BCUT2D eigenvalue weighted by atomic mass is 10.1. The summed E-state index contributed by atoms with van der Waals surface area (Å²) in [6.07, 6.45) is -0.0928. The van der Waals surface area contributed by atoms with Crippen LogP contribution in [0.15, 0.2) is 12.2 Å². The van der Waals surface area contributed by atoms with E-state index in [1.54, 1.807) is 13.8 Å². The molecule has 0 aliphatic heterocycles. The van der Waals surface area contributed by atoms with Crippen LogP contribution in [0.5, 0.6) is 0 Å². The zero-order valence-electron chi connectivity index (χ0n) is 9.99. The first-order chi connectivity index (χ1) is 7.42. The number of esters is 1. The van der Waals surface area contributed by atoms with E-state index in [2.05, 4.69) is 11.3 Å². The van der Waals surface area contributed by atoms with Gasteiger partial charge in [-0.3, -0.25) is 0 Å². The molecule has 0 amide bonds. The minimum Gasteiger partial charge on any atom is -0.431 e. The van der Waals surface area contributed by atoms with Gasteiger partial charge < -0.3 is 15.2 Å². The van der Waals surface area contributed by atoms with Gasteiger partial charge >= 0.3 is 12.1 Å². The predicted molar refractivity (Wildman–Crippen MR) is 59.7 cm³/mol. The maximum absolute atomic E-state index is 11.3. The first-order valence-corrected chi connectivity index (χ1v) is 5.29. The number of hydrogen-bond acceptors (Lipinski definition) is 5. The van der Waals surface area contributed by atoms with Crippen molar-refractivity contribution in [3.05, 3.63) is 12.2 Å². The third kappa shape index (κ3) is 4.93. The van der Waals surface area contributed by atoms with Crippen molar-refractivity contribution < 1.29 is 19.1 Å². The second kappa shape index (κ2) is 7.00. The Morgan fingerprint density at radius 3 is 2.31 bits per heavy atom. The van der Waals surface area contributed by atoms with Gasteiger partial charge in [-0.15, -0.1) is 0 Å². The topological polar surface area (TPSA) is 78.6 Å². The zero-order chi connectivity index (χ0) is 12.7. The third-order valence-electron chi connectivity index (χ3n) is 2.20. The van der Waals surface area contributed by atoms with Crippen LogP contribution in [0.2, 0.25) is 0 Å². The molecule has 0 heterocycles. The molecule has 5 nitrogen and oxygen atoms in total. The van der Waals surface area contributed by atoms with Gasteiger partial charge in [0.05, 0.1) is 0 Å². The average Bonchev–Trinajstić information content (AvgIpc) is 2.26. The van der Waals surface area contributed by atoms with Gasteiger partial charge in [-0.25, -0.2) is 9.59 Å². The Kier molecular flexibility index (Phi) is 6.41. The molecule has 0 bridgehead atoms. The second-order valence-corrected chi connectivity index (χ2v) is 3.52. The molecule has 0 aliphatic rings. The largest absolute Gasteiger partial charge is 0.516 e. The summed E-state index contributed by atoms with van der Waals surface area (Å²) in [5.41, 5.74) is 5.64. The highest BCUT2D eigenvalue weighted by atomic mass is 16.7. The van der Waals surface area contributed by atoms with Gasteiger partial charge in [-0.1, -0.05) is 20.4 Å². The summed E-state index contributed by atoms with van der Waals surface area (Å²) in [5.74, 6) is -0.831. The van der Waals surface area contributed by atoms with Crippen molar-refractivity contribution in [2.24, 2.45) is 5.73 Å².